The minimum Gasteiger partial charge on any atom is -0.497 e. The average Bonchev–Trinajstić information content (AvgIpc) is 2.78. The third-order valence-electron chi connectivity index (χ3n) is 5.53. The van der Waals surface area contributed by atoms with Crippen LogP contribution in [0, 0.1) is 10.1 Å². The van der Waals surface area contributed by atoms with Crippen LogP contribution >= 0.6 is 0 Å². The van der Waals surface area contributed by atoms with Crippen LogP contribution in [0.3, 0.4) is 0 Å². The molecule has 0 saturated carbocycles. The maximum atomic E-state index is 11.3. The van der Waals surface area contributed by atoms with Crippen LogP contribution in [-0.4, -0.2) is 43.3 Å². The van der Waals surface area contributed by atoms with Crippen LogP contribution in [0.25, 0.3) is 10.8 Å². The van der Waals surface area contributed by atoms with Crippen molar-refractivity contribution >= 4 is 27.8 Å². The molecule has 156 valence electrons. The second-order valence-electron chi connectivity index (χ2n) is 7.29. The highest BCUT2D eigenvalue weighted by Gasteiger charge is 2.23. The van der Waals surface area contributed by atoms with Gasteiger partial charge in [-0.25, -0.2) is 0 Å². The molecule has 30 heavy (non-hydrogen) atoms. The lowest BCUT2D eigenvalue weighted by Gasteiger charge is -2.35. The number of nitro benzene ring substituents is 1. The largest absolute Gasteiger partial charge is 0.497 e. The molecule has 0 aliphatic carbocycles. The van der Waals surface area contributed by atoms with Gasteiger partial charge in [0.1, 0.15) is 11.5 Å². The van der Waals surface area contributed by atoms with Crippen LogP contribution in [0.5, 0.6) is 11.5 Å². The van der Waals surface area contributed by atoms with E-state index in [4.69, 9.17) is 9.47 Å². The van der Waals surface area contributed by atoms with E-state index in [-0.39, 0.29) is 10.6 Å². The number of pyridine rings is 1. The molecule has 0 atom stereocenters. The lowest BCUT2D eigenvalue weighted by molar-refractivity contribution is -0.383. The number of rotatable bonds is 6. The first-order chi connectivity index (χ1) is 14.6. The van der Waals surface area contributed by atoms with Crippen molar-refractivity contribution < 1.29 is 14.4 Å². The molecular weight excluding hydrogens is 384 g/mol. The third kappa shape index (κ3) is 3.94. The number of nitrogens with zero attached hydrogens (tertiary/aromatic N) is 3. The Balaban J connectivity index is 1.49. The predicted molar refractivity (Wildman–Crippen MR) is 117 cm³/mol. The zero-order valence-corrected chi connectivity index (χ0v) is 17.0. The maximum absolute atomic E-state index is 11.3. The Labute approximate surface area is 174 Å². The topological polar surface area (TPSA) is 89.8 Å². The quantitative estimate of drug-likeness (QED) is 0.482. The molecule has 8 nitrogen and oxygen atoms in total. The van der Waals surface area contributed by atoms with Gasteiger partial charge in [-0.05, 0) is 25.0 Å². The minimum absolute atomic E-state index is 0.0883. The van der Waals surface area contributed by atoms with Gasteiger partial charge in [0, 0.05) is 72.6 Å². The van der Waals surface area contributed by atoms with Gasteiger partial charge >= 0.3 is 0 Å². The lowest BCUT2D eigenvalue weighted by Crippen LogP contribution is -2.39. The molecule has 1 N–H and O–H groups in total. The summed E-state index contributed by atoms with van der Waals surface area (Å²) in [6.45, 7) is 1.71. The predicted octanol–water partition coefficient (Wildman–Crippen LogP) is 4.24. The van der Waals surface area contributed by atoms with E-state index in [0.29, 0.717) is 11.4 Å². The molecular formula is C22H24N4O4. The molecule has 0 spiro atoms. The number of piperidine rings is 1. The Kier molecular flexibility index (Phi) is 5.56. The first-order valence-electron chi connectivity index (χ1n) is 9.84. The van der Waals surface area contributed by atoms with Gasteiger partial charge in [0.05, 0.1) is 24.5 Å². The second kappa shape index (κ2) is 8.44. The molecule has 3 aromatic rings. The van der Waals surface area contributed by atoms with Crippen LogP contribution in [-0.2, 0) is 0 Å². The summed E-state index contributed by atoms with van der Waals surface area (Å²) in [4.78, 5) is 17.4. The molecule has 1 saturated heterocycles. The smallest absolute Gasteiger partial charge is 0.278 e. The van der Waals surface area contributed by atoms with E-state index in [1.54, 1.807) is 32.7 Å². The molecule has 4 rings (SSSR count). The number of anilines is 2. The number of aromatic nitrogens is 1. The first-order valence-corrected chi connectivity index (χ1v) is 9.84. The van der Waals surface area contributed by atoms with Crippen molar-refractivity contribution in [1.82, 2.24) is 4.98 Å². The van der Waals surface area contributed by atoms with Crippen LogP contribution in [0.15, 0.2) is 48.8 Å². The fourth-order valence-corrected chi connectivity index (χ4v) is 3.99. The molecule has 0 radical (unpaired) electrons. The number of benzene rings is 2. The SMILES string of the molecule is COc1cc(NC2CCN(c3ccc([N+](=O)[O-])c4cnccc34)CC2)cc(OC)c1. The van der Waals surface area contributed by atoms with Crippen molar-refractivity contribution in [2.24, 2.45) is 0 Å². The normalized spacial score (nSPS) is 14.5. The number of methoxy groups -OCH3 is 2. The summed E-state index contributed by atoms with van der Waals surface area (Å²) < 4.78 is 10.7. The van der Waals surface area contributed by atoms with Crippen LogP contribution in [0.4, 0.5) is 17.1 Å². The highest BCUT2D eigenvalue weighted by atomic mass is 16.6. The molecule has 1 aliphatic rings. The molecule has 0 unspecified atom stereocenters. The number of ether oxygens (including phenoxy) is 2. The monoisotopic (exact) mass is 408 g/mol. The fourth-order valence-electron chi connectivity index (χ4n) is 3.99. The summed E-state index contributed by atoms with van der Waals surface area (Å²) in [5, 5.41) is 16.4. The molecule has 1 aliphatic heterocycles. The Morgan fingerprint density at radius 2 is 1.77 bits per heavy atom. The minimum atomic E-state index is -0.355. The standard InChI is InChI=1S/C22H24N4O4/c1-29-17-11-16(12-18(13-17)30-2)24-15-6-9-25(10-7-15)21-3-4-22(26(27)28)20-14-23-8-5-19(20)21/h3-5,8,11-15,24H,6-7,9-10H2,1-2H3. The second-order valence-corrected chi connectivity index (χ2v) is 7.29. The molecule has 8 heteroatoms. The summed E-state index contributed by atoms with van der Waals surface area (Å²) >= 11 is 0. The molecule has 2 aromatic carbocycles. The van der Waals surface area contributed by atoms with Crippen molar-refractivity contribution in [3.63, 3.8) is 0 Å². The van der Waals surface area contributed by atoms with E-state index in [9.17, 15) is 10.1 Å². The van der Waals surface area contributed by atoms with Gasteiger partial charge in [-0.2, -0.15) is 0 Å². The van der Waals surface area contributed by atoms with Gasteiger partial charge in [0.15, 0.2) is 0 Å². The highest BCUT2D eigenvalue weighted by Crippen LogP contribution is 2.35. The zero-order chi connectivity index (χ0) is 21.1. The summed E-state index contributed by atoms with van der Waals surface area (Å²) in [7, 11) is 3.28. The lowest BCUT2D eigenvalue weighted by atomic mass is 10.0. The van der Waals surface area contributed by atoms with Crippen molar-refractivity contribution in [2.75, 3.05) is 37.5 Å². The van der Waals surface area contributed by atoms with E-state index >= 15 is 0 Å². The van der Waals surface area contributed by atoms with Crippen LogP contribution in [0.2, 0.25) is 0 Å². The summed E-state index contributed by atoms with van der Waals surface area (Å²) in [5.41, 5.74) is 2.07. The molecule has 2 heterocycles. The van der Waals surface area contributed by atoms with Gasteiger partial charge in [0.2, 0.25) is 0 Å². The Morgan fingerprint density at radius 3 is 2.40 bits per heavy atom. The molecule has 1 aromatic heterocycles. The van der Waals surface area contributed by atoms with Gasteiger partial charge in [0.25, 0.3) is 5.69 Å². The van der Waals surface area contributed by atoms with Crippen molar-refractivity contribution in [3.8, 4) is 11.5 Å². The van der Waals surface area contributed by atoms with E-state index in [2.05, 4.69) is 15.2 Å². The van der Waals surface area contributed by atoms with Gasteiger partial charge in [-0.3, -0.25) is 15.1 Å². The number of nitro groups is 1. The summed E-state index contributed by atoms with van der Waals surface area (Å²) in [6.07, 6.45) is 5.15. The molecule has 0 amide bonds. The zero-order valence-electron chi connectivity index (χ0n) is 17.0. The number of hydrogen-bond acceptors (Lipinski definition) is 7. The average molecular weight is 408 g/mol. The van der Waals surface area contributed by atoms with Crippen molar-refractivity contribution in [2.45, 2.75) is 18.9 Å². The number of fused-ring (bicyclic) bond motifs is 1. The summed E-state index contributed by atoms with van der Waals surface area (Å²) in [6, 6.07) is 11.4. The van der Waals surface area contributed by atoms with Gasteiger partial charge < -0.3 is 19.7 Å². The number of hydrogen-bond donors (Lipinski definition) is 1. The maximum Gasteiger partial charge on any atom is 0.278 e. The van der Waals surface area contributed by atoms with Crippen molar-refractivity contribution in [3.05, 3.63) is 58.9 Å². The summed E-state index contributed by atoms with van der Waals surface area (Å²) in [5.74, 6) is 1.50. The van der Waals surface area contributed by atoms with E-state index < -0.39 is 0 Å². The molecule has 1 fully saturated rings. The fraction of sp³-hybridized carbons (Fsp3) is 0.318. The van der Waals surface area contributed by atoms with Crippen LogP contribution < -0.4 is 19.7 Å². The highest BCUT2D eigenvalue weighted by molar-refractivity contribution is 5.99. The van der Waals surface area contributed by atoms with E-state index in [1.807, 2.05) is 30.3 Å². The van der Waals surface area contributed by atoms with Gasteiger partial charge in [-0.15, -0.1) is 0 Å². The van der Waals surface area contributed by atoms with E-state index in [0.717, 1.165) is 54.2 Å². The Hall–Kier alpha value is -3.55. The third-order valence-corrected chi connectivity index (χ3v) is 5.53. The number of nitrogens with one attached hydrogen (secondary N) is 1. The number of non-ortho nitro benzene ring substituents is 1. The Morgan fingerprint density at radius 1 is 1.07 bits per heavy atom. The van der Waals surface area contributed by atoms with Gasteiger partial charge in [-0.1, -0.05) is 0 Å². The molecule has 0 bridgehead atoms. The van der Waals surface area contributed by atoms with E-state index in [1.165, 1.54) is 0 Å². The van der Waals surface area contributed by atoms with Crippen LogP contribution in [0.1, 0.15) is 12.8 Å². The first kappa shape index (κ1) is 19.8. The Bertz CT molecular complexity index is 1040. The van der Waals surface area contributed by atoms with Crippen molar-refractivity contribution in [1.29, 1.82) is 0 Å².